The van der Waals surface area contributed by atoms with Crippen LogP contribution < -0.4 is 10.1 Å². The Bertz CT molecular complexity index is 1290. The minimum atomic E-state index is -0.267. The highest BCUT2D eigenvalue weighted by Gasteiger charge is 2.42. The maximum absolute atomic E-state index is 13.8. The highest BCUT2D eigenvalue weighted by Crippen LogP contribution is 2.37. The van der Waals surface area contributed by atoms with Crippen molar-refractivity contribution in [2.24, 2.45) is 5.92 Å². The lowest BCUT2D eigenvalue weighted by Crippen LogP contribution is -2.51. The van der Waals surface area contributed by atoms with E-state index in [0.29, 0.717) is 29.9 Å². The van der Waals surface area contributed by atoms with Crippen molar-refractivity contribution in [1.82, 2.24) is 19.8 Å². The van der Waals surface area contributed by atoms with Gasteiger partial charge in [0.1, 0.15) is 23.9 Å². The molecule has 0 spiro atoms. The second-order valence-corrected chi connectivity index (χ2v) is 11.5. The van der Waals surface area contributed by atoms with Gasteiger partial charge in [-0.2, -0.15) is 0 Å². The van der Waals surface area contributed by atoms with E-state index >= 15 is 0 Å². The van der Waals surface area contributed by atoms with Crippen LogP contribution in [0.4, 0.5) is 5.82 Å². The minimum absolute atomic E-state index is 0.212. The Hall–Kier alpha value is -3.19. The van der Waals surface area contributed by atoms with E-state index in [4.69, 9.17) is 4.74 Å². The lowest BCUT2D eigenvalue weighted by Gasteiger charge is -2.44. The Labute approximate surface area is 233 Å². The van der Waals surface area contributed by atoms with E-state index in [1.54, 1.807) is 13.4 Å². The minimum Gasteiger partial charge on any atom is -0.496 e. The van der Waals surface area contributed by atoms with Gasteiger partial charge in [-0.05, 0) is 82.7 Å². The van der Waals surface area contributed by atoms with E-state index in [9.17, 15) is 4.79 Å². The van der Waals surface area contributed by atoms with Crippen LogP contribution in [-0.2, 0) is 4.79 Å². The number of amides is 1. The number of methoxy groups -OCH3 is 1. The molecule has 2 heterocycles. The zero-order chi connectivity index (χ0) is 27.5. The molecular formula is C32H43N5O2. The van der Waals surface area contributed by atoms with Gasteiger partial charge in [-0.1, -0.05) is 37.6 Å². The molecule has 5 rings (SSSR count). The van der Waals surface area contributed by atoms with Gasteiger partial charge >= 0.3 is 0 Å². The molecule has 4 atom stereocenters. The maximum Gasteiger partial charge on any atom is 0.245 e. The molecule has 0 radical (unpaired) electrons. The third-order valence-electron chi connectivity index (χ3n) is 8.97. The summed E-state index contributed by atoms with van der Waals surface area (Å²) in [5.74, 6) is 2.30. The Morgan fingerprint density at radius 2 is 1.95 bits per heavy atom. The van der Waals surface area contributed by atoms with Gasteiger partial charge in [-0.3, -0.25) is 4.79 Å². The van der Waals surface area contributed by atoms with Crippen LogP contribution in [0, 0.1) is 5.92 Å². The van der Waals surface area contributed by atoms with E-state index in [1.165, 1.54) is 12.8 Å². The molecule has 1 amide bonds. The largest absolute Gasteiger partial charge is 0.496 e. The van der Waals surface area contributed by atoms with Crippen LogP contribution in [0.15, 0.2) is 48.8 Å². The zero-order valence-corrected chi connectivity index (χ0v) is 24.1. The molecule has 2 aromatic carbocycles. The average molecular weight is 530 g/mol. The number of carbonyl (C=O) groups is 1. The van der Waals surface area contributed by atoms with Gasteiger partial charge in [0.05, 0.1) is 12.6 Å². The zero-order valence-electron chi connectivity index (χ0n) is 24.1. The fourth-order valence-corrected chi connectivity index (χ4v) is 6.66. The van der Waals surface area contributed by atoms with Gasteiger partial charge in [-0.15, -0.1) is 0 Å². The summed E-state index contributed by atoms with van der Waals surface area (Å²) in [4.78, 5) is 27.6. The Morgan fingerprint density at radius 3 is 2.72 bits per heavy atom. The molecule has 1 saturated heterocycles. The van der Waals surface area contributed by atoms with Crippen LogP contribution in [-0.4, -0.2) is 70.5 Å². The van der Waals surface area contributed by atoms with E-state index in [-0.39, 0.29) is 11.9 Å². The second-order valence-electron chi connectivity index (χ2n) is 11.5. The Balaban J connectivity index is 1.35. The SMILES string of the molecule is CCC[C@@H]1C[C@H](N(C)C(C)C)CC[C@@H]1N1CC[C@H](Nc2ncnc3ccc(-c4ccccc4OC)cc23)C1=O. The number of hydrogen-bond acceptors (Lipinski definition) is 6. The van der Waals surface area contributed by atoms with Crippen molar-refractivity contribution in [2.75, 3.05) is 26.0 Å². The number of nitrogens with zero attached hydrogens (tertiary/aromatic N) is 4. The summed E-state index contributed by atoms with van der Waals surface area (Å²) in [6.45, 7) is 7.62. The third-order valence-corrected chi connectivity index (χ3v) is 8.97. The van der Waals surface area contributed by atoms with Crippen molar-refractivity contribution in [3.8, 4) is 16.9 Å². The molecular weight excluding hydrogens is 486 g/mol. The van der Waals surface area contributed by atoms with Crippen LogP contribution in [0.5, 0.6) is 5.75 Å². The number of anilines is 1. The van der Waals surface area contributed by atoms with Gasteiger partial charge in [0.15, 0.2) is 0 Å². The number of carbonyl (C=O) groups excluding carboxylic acids is 1. The van der Waals surface area contributed by atoms with Crippen molar-refractivity contribution >= 4 is 22.6 Å². The molecule has 208 valence electrons. The Morgan fingerprint density at radius 1 is 1.13 bits per heavy atom. The van der Waals surface area contributed by atoms with Crippen molar-refractivity contribution in [2.45, 2.75) is 83.5 Å². The average Bonchev–Trinajstić information content (AvgIpc) is 3.32. The molecule has 7 heteroatoms. The number of benzene rings is 2. The summed E-state index contributed by atoms with van der Waals surface area (Å²) in [5.41, 5.74) is 2.90. The highest BCUT2D eigenvalue weighted by molar-refractivity contribution is 5.95. The number of nitrogens with one attached hydrogen (secondary N) is 1. The standard InChI is InChI=1S/C32H43N5O2/c1-6-9-23-18-24(36(4)21(2)3)13-15-29(23)37-17-16-28(32(37)38)35-31-26-19-22(12-14-27(26)33-20-34-31)25-10-7-8-11-30(25)39-5/h7-8,10-12,14,19-21,23-24,28-29H,6,9,13,15-18H2,1-5H3,(H,33,34,35)/t23-,24-,28+,29+/m1/s1. The van der Waals surface area contributed by atoms with E-state index in [0.717, 1.165) is 60.0 Å². The summed E-state index contributed by atoms with van der Waals surface area (Å²) in [6, 6.07) is 15.4. The van der Waals surface area contributed by atoms with Crippen LogP contribution in [0.1, 0.15) is 59.3 Å². The van der Waals surface area contributed by atoms with Crippen molar-refractivity contribution in [3.63, 3.8) is 0 Å². The van der Waals surface area contributed by atoms with Crippen molar-refractivity contribution in [3.05, 3.63) is 48.8 Å². The molecule has 1 aliphatic carbocycles. The molecule has 1 N–H and O–H groups in total. The fraction of sp³-hybridized carbons (Fsp3) is 0.531. The number of fused-ring (bicyclic) bond motifs is 1. The Kier molecular flexibility index (Phi) is 8.36. The van der Waals surface area contributed by atoms with Crippen LogP contribution in [0.25, 0.3) is 22.0 Å². The van der Waals surface area contributed by atoms with Crippen molar-refractivity contribution in [1.29, 1.82) is 0 Å². The first-order valence-corrected chi connectivity index (χ1v) is 14.6. The topological polar surface area (TPSA) is 70.6 Å². The van der Waals surface area contributed by atoms with Crippen molar-refractivity contribution < 1.29 is 9.53 Å². The molecule has 1 aliphatic heterocycles. The molecule has 0 unspecified atom stereocenters. The molecule has 2 fully saturated rings. The number of para-hydroxylation sites is 1. The predicted octanol–water partition coefficient (Wildman–Crippen LogP) is 6.00. The number of aromatic nitrogens is 2. The molecule has 1 aromatic heterocycles. The normalized spacial score (nSPS) is 23.7. The van der Waals surface area contributed by atoms with Gasteiger partial charge < -0.3 is 19.9 Å². The van der Waals surface area contributed by atoms with E-state index in [1.807, 2.05) is 24.3 Å². The van der Waals surface area contributed by atoms with Gasteiger partial charge in [0.2, 0.25) is 5.91 Å². The third kappa shape index (κ3) is 5.60. The van der Waals surface area contributed by atoms with Gasteiger partial charge in [0, 0.05) is 35.6 Å². The lowest BCUT2D eigenvalue weighted by molar-refractivity contribution is -0.132. The van der Waals surface area contributed by atoms with E-state index < -0.39 is 0 Å². The lowest BCUT2D eigenvalue weighted by atomic mass is 9.77. The fourth-order valence-electron chi connectivity index (χ4n) is 6.66. The molecule has 39 heavy (non-hydrogen) atoms. The first-order chi connectivity index (χ1) is 18.9. The number of hydrogen-bond donors (Lipinski definition) is 1. The number of ether oxygens (including phenoxy) is 1. The summed E-state index contributed by atoms with van der Waals surface area (Å²) < 4.78 is 5.59. The van der Waals surface area contributed by atoms with Gasteiger partial charge in [-0.25, -0.2) is 9.97 Å². The molecule has 1 saturated carbocycles. The first-order valence-electron chi connectivity index (χ1n) is 14.6. The predicted molar refractivity (Wildman–Crippen MR) is 158 cm³/mol. The monoisotopic (exact) mass is 529 g/mol. The smallest absolute Gasteiger partial charge is 0.245 e. The van der Waals surface area contributed by atoms with Crippen LogP contribution in [0.2, 0.25) is 0 Å². The van der Waals surface area contributed by atoms with Gasteiger partial charge in [0.25, 0.3) is 0 Å². The number of likely N-dealkylation sites (tertiary alicyclic amines) is 1. The number of rotatable bonds is 9. The van der Waals surface area contributed by atoms with Crippen LogP contribution >= 0.6 is 0 Å². The first kappa shape index (κ1) is 27.4. The molecule has 3 aromatic rings. The molecule has 2 aliphatic rings. The van der Waals surface area contributed by atoms with E-state index in [2.05, 4.69) is 71.1 Å². The molecule has 0 bridgehead atoms. The summed E-state index contributed by atoms with van der Waals surface area (Å²) in [6.07, 6.45) is 8.13. The summed E-state index contributed by atoms with van der Waals surface area (Å²) >= 11 is 0. The summed E-state index contributed by atoms with van der Waals surface area (Å²) in [7, 11) is 3.94. The summed E-state index contributed by atoms with van der Waals surface area (Å²) in [5, 5.41) is 4.43. The highest BCUT2D eigenvalue weighted by atomic mass is 16.5. The quantitative estimate of drug-likeness (QED) is 0.367. The van der Waals surface area contributed by atoms with Crippen LogP contribution in [0.3, 0.4) is 0 Å². The maximum atomic E-state index is 13.8. The second kappa shape index (κ2) is 11.9. The molecule has 7 nitrogen and oxygen atoms in total.